The number of halogens is 1. The van der Waals surface area contributed by atoms with E-state index < -0.39 is 0 Å². The van der Waals surface area contributed by atoms with Crippen LogP contribution in [0.25, 0.3) is 0 Å². The summed E-state index contributed by atoms with van der Waals surface area (Å²) in [5, 5.41) is 4.05. The number of hydrogen-bond donors (Lipinski definition) is 1. The van der Waals surface area contributed by atoms with Crippen LogP contribution in [0.5, 0.6) is 0 Å². The summed E-state index contributed by atoms with van der Waals surface area (Å²) in [7, 11) is 1.65. The molecule has 0 radical (unpaired) electrons. The fourth-order valence-electron chi connectivity index (χ4n) is 3.16. The summed E-state index contributed by atoms with van der Waals surface area (Å²) in [5.74, 6) is 1.56. The Hall–Kier alpha value is -1.83. The monoisotopic (exact) mass is 434 g/mol. The lowest BCUT2D eigenvalue weighted by atomic mass is 10.1. The molecule has 8 heteroatoms. The van der Waals surface area contributed by atoms with E-state index in [9.17, 15) is 4.79 Å². The van der Waals surface area contributed by atoms with E-state index in [2.05, 4.69) is 20.2 Å². The number of nitrogens with zero attached hydrogens (tertiary/aromatic N) is 3. The molecule has 3 rings (SSSR count). The van der Waals surface area contributed by atoms with Gasteiger partial charge in [0.25, 0.3) is 5.91 Å². The molecule has 6 nitrogen and oxygen atoms in total. The van der Waals surface area contributed by atoms with Crippen LogP contribution in [0.1, 0.15) is 41.6 Å². The molecule has 1 aromatic carbocycles. The lowest BCUT2D eigenvalue weighted by molar-refractivity contribution is 0.0948. The maximum absolute atomic E-state index is 12.1. The molecule has 0 bridgehead atoms. The number of anilines is 1. The zero-order valence-corrected chi connectivity index (χ0v) is 18.3. The smallest absolute Gasteiger partial charge is 0.251 e. The average Bonchev–Trinajstić information content (AvgIpc) is 2.76. The molecule has 1 fully saturated rings. The topological polar surface area (TPSA) is 67.3 Å². The van der Waals surface area contributed by atoms with Crippen LogP contribution in [0.15, 0.2) is 35.5 Å². The first-order chi connectivity index (χ1) is 14.2. The highest BCUT2D eigenvalue weighted by atomic mass is 35.5. The molecule has 1 amide bonds. The summed E-state index contributed by atoms with van der Waals surface area (Å²) in [5.41, 5.74) is 1.76. The van der Waals surface area contributed by atoms with Gasteiger partial charge < -0.3 is 15.0 Å². The summed E-state index contributed by atoms with van der Waals surface area (Å²) in [6.45, 7) is 3.29. The van der Waals surface area contributed by atoms with Gasteiger partial charge in [-0.05, 0) is 43.4 Å². The van der Waals surface area contributed by atoms with E-state index in [0.717, 1.165) is 36.6 Å². The Labute approximate surface area is 181 Å². The Morgan fingerprint density at radius 1 is 1.21 bits per heavy atom. The molecule has 0 aliphatic carbocycles. The third kappa shape index (κ3) is 6.87. The van der Waals surface area contributed by atoms with E-state index in [1.165, 1.54) is 19.3 Å². The number of benzene rings is 1. The lowest BCUT2D eigenvalue weighted by Crippen LogP contribution is -2.30. The quantitative estimate of drug-likeness (QED) is 0.276. The third-order valence-corrected chi connectivity index (χ3v) is 5.85. The van der Waals surface area contributed by atoms with E-state index in [1.807, 2.05) is 30.3 Å². The molecule has 0 spiro atoms. The largest absolute Gasteiger partial charge is 0.385 e. The minimum absolute atomic E-state index is 0.0651. The van der Waals surface area contributed by atoms with Gasteiger partial charge >= 0.3 is 0 Å². The van der Waals surface area contributed by atoms with E-state index in [0.29, 0.717) is 29.0 Å². The van der Waals surface area contributed by atoms with Crippen LogP contribution in [-0.4, -0.2) is 49.2 Å². The van der Waals surface area contributed by atoms with Crippen LogP contribution >= 0.6 is 23.4 Å². The molecule has 2 aromatic rings. The minimum atomic E-state index is -0.0651. The maximum atomic E-state index is 12.1. The molecular formula is C21H27ClN4O2S. The molecule has 1 saturated heterocycles. The molecule has 0 saturated carbocycles. The van der Waals surface area contributed by atoms with Crippen molar-refractivity contribution in [3.8, 4) is 0 Å². The van der Waals surface area contributed by atoms with Crippen LogP contribution in [0, 0.1) is 0 Å². The average molecular weight is 435 g/mol. The van der Waals surface area contributed by atoms with Gasteiger partial charge in [0.05, 0.1) is 0 Å². The van der Waals surface area contributed by atoms with Crippen molar-refractivity contribution in [2.45, 2.75) is 36.6 Å². The molecule has 156 valence electrons. The van der Waals surface area contributed by atoms with Crippen molar-refractivity contribution in [1.29, 1.82) is 0 Å². The molecular weight excluding hydrogens is 408 g/mol. The lowest BCUT2D eigenvalue weighted by Gasteiger charge is -2.27. The molecule has 1 aliphatic heterocycles. The molecule has 1 aromatic heterocycles. The second-order valence-corrected chi connectivity index (χ2v) is 8.30. The normalized spacial score (nSPS) is 14.1. The number of rotatable bonds is 9. The van der Waals surface area contributed by atoms with Gasteiger partial charge in [-0.25, -0.2) is 9.97 Å². The van der Waals surface area contributed by atoms with E-state index in [-0.39, 0.29) is 5.91 Å². The van der Waals surface area contributed by atoms with Crippen molar-refractivity contribution in [1.82, 2.24) is 15.3 Å². The maximum Gasteiger partial charge on any atom is 0.251 e. The van der Waals surface area contributed by atoms with Crippen molar-refractivity contribution in [3.05, 3.63) is 46.6 Å². The van der Waals surface area contributed by atoms with E-state index in [1.54, 1.807) is 18.9 Å². The van der Waals surface area contributed by atoms with Crippen molar-refractivity contribution < 1.29 is 9.53 Å². The number of aromatic nitrogens is 2. The number of carbonyl (C=O) groups is 1. The SMILES string of the molecule is COCCCNC(=O)c1ccc(CSc2nc(Cl)cc(N3CCCCC3)n2)cc1. The van der Waals surface area contributed by atoms with Crippen LogP contribution in [0.2, 0.25) is 5.15 Å². The van der Waals surface area contributed by atoms with Crippen LogP contribution in [-0.2, 0) is 10.5 Å². The number of ether oxygens (including phenoxy) is 1. The van der Waals surface area contributed by atoms with Gasteiger partial charge in [0.1, 0.15) is 11.0 Å². The molecule has 2 heterocycles. The van der Waals surface area contributed by atoms with Gasteiger partial charge in [-0.15, -0.1) is 0 Å². The number of hydrogen-bond acceptors (Lipinski definition) is 6. The van der Waals surface area contributed by atoms with Crippen LogP contribution in [0.4, 0.5) is 5.82 Å². The Balaban J connectivity index is 1.54. The van der Waals surface area contributed by atoms with Gasteiger partial charge in [-0.2, -0.15) is 0 Å². The van der Waals surface area contributed by atoms with Crippen molar-refractivity contribution in [3.63, 3.8) is 0 Å². The highest BCUT2D eigenvalue weighted by Gasteiger charge is 2.14. The first kappa shape index (κ1) is 21.9. The number of thioether (sulfide) groups is 1. The fraction of sp³-hybridized carbons (Fsp3) is 0.476. The Morgan fingerprint density at radius 2 is 1.97 bits per heavy atom. The molecule has 0 atom stereocenters. The second-order valence-electron chi connectivity index (χ2n) is 6.97. The number of carbonyl (C=O) groups excluding carboxylic acids is 1. The predicted octanol–water partition coefficient (Wildman–Crippen LogP) is 4.18. The number of methoxy groups -OCH3 is 1. The van der Waals surface area contributed by atoms with E-state index in [4.69, 9.17) is 16.3 Å². The second kappa shape index (κ2) is 11.4. The summed E-state index contributed by atoms with van der Waals surface area (Å²) in [6, 6.07) is 9.47. The van der Waals surface area contributed by atoms with Crippen molar-refractivity contribution >= 4 is 35.1 Å². The third-order valence-electron chi connectivity index (χ3n) is 4.74. The number of amides is 1. The first-order valence-electron chi connectivity index (χ1n) is 9.94. The highest BCUT2D eigenvalue weighted by Crippen LogP contribution is 2.26. The van der Waals surface area contributed by atoms with Crippen LogP contribution < -0.4 is 10.2 Å². The van der Waals surface area contributed by atoms with Crippen molar-refractivity contribution in [2.24, 2.45) is 0 Å². The van der Waals surface area contributed by atoms with Gasteiger partial charge in [0.2, 0.25) is 0 Å². The fourth-order valence-corrected chi connectivity index (χ4v) is 4.19. The van der Waals surface area contributed by atoms with Gasteiger partial charge in [-0.3, -0.25) is 4.79 Å². The molecule has 1 N–H and O–H groups in total. The zero-order chi connectivity index (χ0) is 20.5. The van der Waals surface area contributed by atoms with Crippen molar-refractivity contribution in [2.75, 3.05) is 38.3 Å². The predicted molar refractivity (Wildman–Crippen MR) is 118 cm³/mol. The Bertz CT molecular complexity index is 798. The molecule has 29 heavy (non-hydrogen) atoms. The standard InChI is InChI=1S/C21H27ClN4O2S/c1-28-13-5-10-23-20(27)17-8-6-16(7-9-17)15-29-21-24-18(22)14-19(25-21)26-11-3-2-4-12-26/h6-9,14H,2-5,10-13,15H2,1H3,(H,23,27). The summed E-state index contributed by atoms with van der Waals surface area (Å²) in [6.07, 6.45) is 4.46. The summed E-state index contributed by atoms with van der Waals surface area (Å²) < 4.78 is 4.98. The van der Waals surface area contributed by atoms with Gasteiger partial charge in [0.15, 0.2) is 5.16 Å². The number of nitrogens with one attached hydrogen (secondary N) is 1. The van der Waals surface area contributed by atoms with Crippen LogP contribution in [0.3, 0.4) is 0 Å². The van der Waals surface area contributed by atoms with Gasteiger partial charge in [0, 0.05) is 50.7 Å². The zero-order valence-electron chi connectivity index (χ0n) is 16.7. The molecule has 1 aliphatic rings. The van der Waals surface area contributed by atoms with Gasteiger partial charge in [-0.1, -0.05) is 35.5 Å². The minimum Gasteiger partial charge on any atom is -0.385 e. The summed E-state index contributed by atoms with van der Waals surface area (Å²) >= 11 is 7.78. The first-order valence-corrected chi connectivity index (χ1v) is 11.3. The Kier molecular flexibility index (Phi) is 8.58. The number of piperidine rings is 1. The van der Waals surface area contributed by atoms with E-state index >= 15 is 0 Å². The molecule has 0 unspecified atom stereocenters. The highest BCUT2D eigenvalue weighted by molar-refractivity contribution is 7.98. The Morgan fingerprint density at radius 3 is 2.69 bits per heavy atom. The summed E-state index contributed by atoms with van der Waals surface area (Å²) in [4.78, 5) is 23.4.